The third kappa shape index (κ3) is 2.33. The van der Waals surface area contributed by atoms with Crippen LogP contribution < -0.4 is 10.1 Å². The van der Waals surface area contributed by atoms with E-state index in [9.17, 15) is 5.11 Å². The molecule has 5 nitrogen and oxygen atoms in total. The second-order valence-electron chi connectivity index (χ2n) is 4.27. The molecule has 2 N–H and O–H groups in total. The van der Waals surface area contributed by atoms with Crippen molar-refractivity contribution >= 4 is 22.5 Å². The zero-order chi connectivity index (χ0) is 13.9. The topological polar surface area (TPSA) is 67.3 Å². The van der Waals surface area contributed by atoms with Crippen molar-refractivity contribution in [1.82, 2.24) is 9.97 Å². The highest BCUT2D eigenvalue weighted by atomic mass is 16.5. The zero-order valence-corrected chi connectivity index (χ0v) is 10.9. The van der Waals surface area contributed by atoms with Gasteiger partial charge in [0.2, 0.25) is 5.95 Å². The van der Waals surface area contributed by atoms with Crippen LogP contribution in [0.3, 0.4) is 0 Å². The highest BCUT2D eigenvalue weighted by molar-refractivity contribution is 5.82. The lowest BCUT2D eigenvalue weighted by Gasteiger charge is -2.07. The van der Waals surface area contributed by atoms with Gasteiger partial charge in [0.1, 0.15) is 0 Å². The number of anilines is 2. The van der Waals surface area contributed by atoms with Gasteiger partial charge in [0, 0.05) is 23.3 Å². The van der Waals surface area contributed by atoms with Gasteiger partial charge in [0.15, 0.2) is 11.5 Å². The highest BCUT2D eigenvalue weighted by Gasteiger charge is 2.06. The average Bonchev–Trinajstić information content (AvgIpc) is 2.48. The van der Waals surface area contributed by atoms with E-state index in [1.54, 1.807) is 18.3 Å². The number of rotatable bonds is 3. The van der Waals surface area contributed by atoms with Gasteiger partial charge in [-0.25, -0.2) is 9.97 Å². The molecule has 0 saturated carbocycles. The molecule has 1 aromatic heterocycles. The Labute approximate surface area is 115 Å². The fraction of sp³-hybridized carbons (Fsp3) is 0.0667. The van der Waals surface area contributed by atoms with E-state index in [-0.39, 0.29) is 5.75 Å². The number of ether oxygens (including phenoxy) is 1. The number of para-hydroxylation sites is 1. The van der Waals surface area contributed by atoms with Crippen LogP contribution >= 0.6 is 0 Å². The SMILES string of the molecule is COc1cc2nc(Nc3ccccc3)ncc2cc1O. The Morgan fingerprint density at radius 3 is 2.70 bits per heavy atom. The molecule has 5 heteroatoms. The maximum atomic E-state index is 9.72. The minimum atomic E-state index is 0.0763. The Balaban J connectivity index is 1.99. The molecule has 0 aliphatic carbocycles. The summed E-state index contributed by atoms with van der Waals surface area (Å²) < 4.78 is 5.08. The van der Waals surface area contributed by atoms with E-state index in [0.717, 1.165) is 11.1 Å². The number of hydrogen-bond acceptors (Lipinski definition) is 5. The van der Waals surface area contributed by atoms with E-state index in [2.05, 4.69) is 15.3 Å². The van der Waals surface area contributed by atoms with Gasteiger partial charge in [-0.05, 0) is 18.2 Å². The molecular weight excluding hydrogens is 254 g/mol. The van der Waals surface area contributed by atoms with Crippen LogP contribution in [-0.4, -0.2) is 22.2 Å². The summed E-state index contributed by atoms with van der Waals surface area (Å²) in [7, 11) is 1.51. The number of phenols is 1. The fourth-order valence-electron chi connectivity index (χ4n) is 1.92. The Bertz CT molecular complexity index is 745. The van der Waals surface area contributed by atoms with Crippen molar-refractivity contribution in [2.75, 3.05) is 12.4 Å². The predicted molar refractivity (Wildman–Crippen MR) is 77.5 cm³/mol. The lowest BCUT2D eigenvalue weighted by Crippen LogP contribution is -1.97. The molecule has 0 radical (unpaired) electrons. The van der Waals surface area contributed by atoms with Crippen LogP contribution in [0.25, 0.3) is 10.9 Å². The third-order valence-electron chi connectivity index (χ3n) is 2.91. The van der Waals surface area contributed by atoms with Crippen molar-refractivity contribution in [2.24, 2.45) is 0 Å². The molecule has 0 fully saturated rings. The number of aromatic hydroxyl groups is 1. The first-order valence-corrected chi connectivity index (χ1v) is 6.12. The zero-order valence-electron chi connectivity index (χ0n) is 10.9. The normalized spacial score (nSPS) is 10.4. The van der Waals surface area contributed by atoms with Crippen molar-refractivity contribution in [1.29, 1.82) is 0 Å². The summed E-state index contributed by atoms with van der Waals surface area (Å²) in [4.78, 5) is 8.63. The second-order valence-corrected chi connectivity index (χ2v) is 4.27. The van der Waals surface area contributed by atoms with Gasteiger partial charge < -0.3 is 15.2 Å². The smallest absolute Gasteiger partial charge is 0.227 e. The summed E-state index contributed by atoms with van der Waals surface area (Å²) in [5.41, 5.74) is 1.62. The average molecular weight is 267 g/mol. The molecule has 0 aliphatic heterocycles. The first-order chi connectivity index (χ1) is 9.76. The van der Waals surface area contributed by atoms with Crippen LogP contribution in [-0.2, 0) is 0 Å². The van der Waals surface area contributed by atoms with Crippen molar-refractivity contribution in [3.8, 4) is 11.5 Å². The molecule has 0 aliphatic rings. The Morgan fingerprint density at radius 1 is 1.15 bits per heavy atom. The van der Waals surface area contributed by atoms with Gasteiger partial charge in [-0.3, -0.25) is 0 Å². The van der Waals surface area contributed by atoms with Crippen LogP contribution in [0.15, 0.2) is 48.7 Å². The van der Waals surface area contributed by atoms with Gasteiger partial charge in [-0.1, -0.05) is 18.2 Å². The third-order valence-corrected chi connectivity index (χ3v) is 2.91. The monoisotopic (exact) mass is 267 g/mol. The number of nitrogens with zero attached hydrogens (tertiary/aromatic N) is 2. The largest absolute Gasteiger partial charge is 0.504 e. The van der Waals surface area contributed by atoms with Gasteiger partial charge in [0.05, 0.1) is 12.6 Å². The van der Waals surface area contributed by atoms with Gasteiger partial charge in [-0.2, -0.15) is 0 Å². The first kappa shape index (κ1) is 12.2. The molecule has 1 heterocycles. The molecule has 3 aromatic rings. The van der Waals surface area contributed by atoms with E-state index < -0.39 is 0 Å². The first-order valence-electron chi connectivity index (χ1n) is 6.12. The lowest BCUT2D eigenvalue weighted by molar-refractivity contribution is 0.374. The van der Waals surface area contributed by atoms with E-state index in [0.29, 0.717) is 17.2 Å². The van der Waals surface area contributed by atoms with Crippen LogP contribution in [0.5, 0.6) is 11.5 Å². The molecule has 100 valence electrons. The standard InChI is InChI=1S/C15H13N3O2/c1-20-14-8-12-10(7-13(14)19)9-16-15(18-12)17-11-5-3-2-4-6-11/h2-9,19H,1H3,(H,16,17,18). The summed E-state index contributed by atoms with van der Waals surface area (Å²) in [6, 6.07) is 13.0. The molecule has 0 unspecified atom stereocenters. The van der Waals surface area contributed by atoms with Crippen molar-refractivity contribution < 1.29 is 9.84 Å². The molecule has 0 atom stereocenters. The molecule has 3 rings (SSSR count). The predicted octanol–water partition coefficient (Wildman–Crippen LogP) is 3.09. The molecule has 0 bridgehead atoms. The van der Waals surface area contributed by atoms with Crippen molar-refractivity contribution in [3.63, 3.8) is 0 Å². The van der Waals surface area contributed by atoms with Gasteiger partial charge >= 0.3 is 0 Å². The maximum absolute atomic E-state index is 9.72. The van der Waals surface area contributed by atoms with E-state index in [1.807, 2.05) is 30.3 Å². The Morgan fingerprint density at radius 2 is 1.95 bits per heavy atom. The summed E-state index contributed by atoms with van der Waals surface area (Å²) in [5, 5.41) is 13.6. The highest BCUT2D eigenvalue weighted by Crippen LogP contribution is 2.30. The molecule has 0 spiro atoms. The number of aromatic nitrogens is 2. The molecular formula is C15H13N3O2. The quantitative estimate of drug-likeness (QED) is 0.763. The minimum Gasteiger partial charge on any atom is -0.504 e. The molecule has 0 amide bonds. The van der Waals surface area contributed by atoms with Crippen LogP contribution in [0, 0.1) is 0 Å². The number of nitrogens with one attached hydrogen (secondary N) is 1. The summed E-state index contributed by atoms with van der Waals surface area (Å²) in [5.74, 6) is 0.964. The maximum Gasteiger partial charge on any atom is 0.227 e. The van der Waals surface area contributed by atoms with E-state index in [1.165, 1.54) is 7.11 Å². The number of hydrogen-bond donors (Lipinski definition) is 2. The second kappa shape index (κ2) is 5.05. The molecule has 2 aromatic carbocycles. The van der Waals surface area contributed by atoms with Crippen LogP contribution in [0.1, 0.15) is 0 Å². The van der Waals surface area contributed by atoms with Crippen LogP contribution in [0.2, 0.25) is 0 Å². The lowest BCUT2D eigenvalue weighted by atomic mass is 10.2. The van der Waals surface area contributed by atoms with E-state index >= 15 is 0 Å². The summed E-state index contributed by atoms with van der Waals surface area (Å²) >= 11 is 0. The van der Waals surface area contributed by atoms with Crippen LogP contribution in [0.4, 0.5) is 11.6 Å². The van der Waals surface area contributed by atoms with Gasteiger partial charge in [0.25, 0.3) is 0 Å². The Kier molecular flexibility index (Phi) is 3.09. The van der Waals surface area contributed by atoms with Crippen molar-refractivity contribution in [3.05, 3.63) is 48.7 Å². The molecule has 20 heavy (non-hydrogen) atoms. The van der Waals surface area contributed by atoms with E-state index in [4.69, 9.17) is 4.74 Å². The van der Waals surface area contributed by atoms with Gasteiger partial charge in [-0.15, -0.1) is 0 Å². The number of fused-ring (bicyclic) bond motifs is 1. The molecule has 0 saturated heterocycles. The summed E-state index contributed by atoms with van der Waals surface area (Å²) in [6.45, 7) is 0. The van der Waals surface area contributed by atoms with Crippen molar-refractivity contribution in [2.45, 2.75) is 0 Å². The number of phenolic OH excluding ortho intramolecular Hbond substituents is 1. The number of methoxy groups -OCH3 is 1. The minimum absolute atomic E-state index is 0.0763. The fourth-order valence-corrected chi connectivity index (χ4v) is 1.92. The summed E-state index contributed by atoms with van der Waals surface area (Å²) in [6.07, 6.45) is 1.66. The Hall–Kier alpha value is -2.82. The number of benzene rings is 2.